The number of hydrogen-bond donors (Lipinski definition) is 1. The van der Waals surface area contributed by atoms with Gasteiger partial charge in [0.15, 0.2) is 0 Å². The van der Waals surface area contributed by atoms with E-state index in [1.165, 1.54) is 19.3 Å². The Balaban J connectivity index is 2.13. The fraction of sp³-hybridized carbons (Fsp3) is 0.571. The van der Waals surface area contributed by atoms with E-state index in [0.29, 0.717) is 16.8 Å². The van der Waals surface area contributed by atoms with Gasteiger partial charge in [-0.1, -0.05) is 30.9 Å². The van der Waals surface area contributed by atoms with Crippen molar-refractivity contribution >= 4 is 17.5 Å². The third kappa shape index (κ3) is 3.02. The molecule has 1 aromatic heterocycles. The lowest BCUT2D eigenvalue weighted by molar-refractivity contribution is 0.0927. The number of carbonyl (C=O) groups excluding carboxylic acids is 1. The molecule has 0 radical (unpaired) electrons. The van der Waals surface area contributed by atoms with E-state index in [9.17, 15) is 4.79 Å². The van der Waals surface area contributed by atoms with Crippen LogP contribution in [0.15, 0.2) is 6.07 Å². The Bertz CT molecular complexity index is 430. The zero-order chi connectivity index (χ0) is 13.1. The predicted molar refractivity (Wildman–Crippen MR) is 73.1 cm³/mol. The molecular weight excluding hydrogens is 248 g/mol. The Labute approximate surface area is 113 Å². The van der Waals surface area contributed by atoms with Crippen molar-refractivity contribution in [2.24, 2.45) is 0 Å². The molecule has 1 N–H and O–H groups in total. The van der Waals surface area contributed by atoms with Gasteiger partial charge < -0.3 is 5.32 Å². The minimum absolute atomic E-state index is 0.0862. The number of carbonyl (C=O) groups is 1. The predicted octanol–water partition coefficient (Wildman–Crippen LogP) is 3.41. The fourth-order valence-corrected chi connectivity index (χ4v) is 2.94. The monoisotopic (exact) mass is 266 g/mol. The van der Waals surface area contributed by atoms with Gasteiger partial charge in [0.25, 0.3) is 5.91 Å². The lowest BCUT2D eigenvalue weighted by Crippen LogP contribution is -2.36. The van der Waals surface area contributed by atoms with Gasteiger partial charge in [-0.25, -0.2) is 4.98 Å². The minimum Gasteiger partial charge on any atom is -0.349 e. The van der Waals surface area contributed by atoms with E-state index >= 15 is 0 Å². The van der Waals surface area contributed by atoms with Crippen LogP contribution in [0.5, 0.6) is 0 Å². The Hall–Kier alpha value is -1.09. The number of aromatic nitrogens is 1. The van der Waals surface area contributed by atoms with Crippen LogP contribution >= 0.6 is 11.6 Å². The molecule has 0 spiro atoms. The van der Waals surface area contributed by atoms with Crippen molar-refractivity contribution in [1.29, 1.82) is 0 Å². The van der Waals surface area contributed by atoms with Crippen LogP contribution in [0.25, 0.3) is 0 Å². The second-order valence-electron chi connectivity index (χ2n) is 5.05. The molecule has 4 heteroatoms. The molecule has 1 aromatic rings. The fourth-order valence-electron chi connectivity index (χ4n) is 2.57. The molecule has 1 fully saturated rings. The molecule has 0 aliphatic heterocycles. The van der Waals surface area contributed by atoms with Crippen molar-refractivity contribution in [3.63, 3.8) is 0 Å². The van der Waals surface area contributed by atoms with E-state index in [1.54, 1.807) is 0 Å². The molecule has 3 nitrogen and oxygen atoms in total. The van der Waals surface area contributed by atoms with Gasteiger partial charge in [0.05, 0.1) is 5.56 Å². The number of halogens is 1. The summed E-state index contributed by atoms with van der Waals surface area (Å²) < 4.78 is 0. The largest absolute Gasteiger partial charge is 0.349 e. The second kappa shape index (κ2) is 5.70. The standard InChI is InChI=1S/C14H19ClN2O/c1-9-8-10(2)16-13(15)12(9)14(18)17-11-6-4-3-5-7-11/h8,11H,3-7H2,1-2H3,(H,17,18). The zero-order valence-electron chi connectivity index (χ0n) is 10.9. The summed E-state index contributed by atoms with van der Waals surface area (Å²) in [6.45, 7) is 3.78. The topological polar surface area (TPSA) is 42.0 Å². The minimum atomic E-state index is -0.0862. The highest BCUT2D eigenvalue weighted by atomic mass is 35.5. The van der Waals surface area contributed by atoms with Crippen LogP contribution in [-0.2, 0) is 0 Å². The molecule has 0 aromatic carbocycles. The van der Waals surface area contributed by atoms with E-state index in [-0.39, 0.29) is 5.91 Å². The zero-order valence-corrected chi connectivity index (χ0v) is 11.7. The van der Waals surface area contributed by atoms with Crippen molar-refractivity contribution < 1.29 is 4.79 Å². The van der Waals surface area contributed by atoms with Crippen molar-refractivity contribution in [1.82, 2.24) is 10.3 Å². The van der Waals surface area contributed by atoms with Gasteiger partial charge in [-0.05, 0) is 38.3 Å². The van der Waals surface area contributed by atoms with Crippen molar-refractivity contribution in [2.45, 2.75) is 52.0 Å². The summed E-state index contributed by atoms with van der Waals surface area (Å²) in [6, 6.07) is 2.19. The summed E-state index contributed by atoms with van der Waals surface area (Å²) in [5.74, 6) is -0.0862. The number of pyridine rings is 1. The highest BCUT2D eigenvalue weighted by Crippen LogP contribution is 2.21. The normalized spacial score (nSPS) is 16.6. The van der Waals surface area contributed by atoms with Crippen LogP contribution in [0.2, 0.25) is 5.15 Å². The number of hydrogen-bond acceptors (Lipinski definition) is 2. The number of nitrogens with one attached hydrogen (secondary N) is 1. The first-order chi connectivity index (χ1) is 8.58. The highest BCUT2D eigenvalue weighted by molar-refractivity contribution is 6.32. The van der Waals surface area contributed by atoms with E-state index in [4.69, 9.17) is 11.6 Å². The smallest absolute Gasteiger partial charge is 0.254 e. The van der Waals surface area contributed by atoms with E-state index in [1.807, 2.05) is 19.9 Å². The third-order valence-corrected chi connectivity index (χ3v) is 3.74. The lowest BCUT2D eigenvalue weighted by Gasteiger charge is -2.23. The van der Waals surface area contributed by atoms with E-state index < -0.39 is 0 Å². The molecule has 1 heterocycles. The van der Waals surface area contributed by atoms with Gasteiger partial charge in [0.1, 0.15) is 5.15 Å². The average molecular weight is 267 g/mol. The van der Waals surface area contributed by atoms with Crippen LogP contribution in [-0.4, -0.2) is 16.9 Å². The summed E-state index contributed by atoms with van der Waals surface area (Å²) in [5.41, 5.74) is 2.25. The summed E-state index contributed by atoms with van der Waals surface area (Å²) in [5, 5.41) is 3.38. The number of rotatable bonds is 2. The molecule has 2 rings (SSSR count). The van der Waals surface area contributed by atoms with Gasteiger partial charge in [-0.3, -0.25) is 4.79 Å². The third-order valence-electron chi connectivity index (χ3n) is 3.47. The Kier molecular flexibility index (Phi) is 4.23. The Morgan fingerprint density at radius 1 is 1.33 bits per heavy atom. The molecule has 0 saturated heterocycles. The van der Waals surface area contributed by atoms with Gasteiger partial charge >= 0.3 is 0 Å². The first-order valence-electron chi connectivity index (χ1n) is 6.52. The van der Waals surface area contributed by atoms with E-state index in [2.05, 4.69) is 10.3 Å². The maximum absolute atomic E-state index is 12.2. The molecule has 1 amide bonds. The molecule has 98 valence electrons. The van der Waals surface area contributed by atoms with Crippen LogP contribution in [0, 0.1) is 13.8 Å². The molecule has 1 saturated carbocycles. The molecule has 18 heavy (non-hydrogen) atoms. The molecule has 0 unspecified atom stereocenters. The second-order valence-corrected chi connectivity index (χ2v) is 5.41. The lowest BCUT2D eigenvalue weighted by atomic mass is 9.95. The summed E-state index contributed by atoms with van der Waals surface area (Å²) >= 11 is 6.08. The number of aryl methyl sites for hydroxylation is 2. The molecule has 0 bridgehead atoms. The SMILES string of the molecule is Cc1cc(C)c(C(=O)NC2CCCCC2)c(Cl)n1. The van der Waals surface area contributed by atoms with Gasteiger partial charge in [-0.2, -0.15) is 0 Å². The first-order valence-corrected chi connectivity index (χ1v) is 6.90. The molecular formula is C14H19ClN2O. The van der Waals surface area contributed by atoms with Crippen LogP contribution in [0.1, 0.15) is 53.7 Å². The molecule has 1 aliphatic carbocycles. The van der Waals surface area contributed by atoms with Gasteiger partial charge in [0, 0.05) is 11.7 Å². The van der Waals surface area contributed by atoms with Crippen LogP contribution < -0.4 is 5.32 Å². The average Bonchev–Trinajstić information content (AvgIpc) is 2.28. The summed E-state index contributed by atoms with van der Waals surface area (Å²) in [6.07, 6.45) is 5.81. The quantitative estimate of drug-likeness (QED) is 0.834. The maximum Gasteiger partial charge on any atom is 0.254 e. The molecule has 1 aliphatic rings. The Morgan fingerprint density at radius 3 is 2.61 bits per heavy atom. The van der Waals surface area contributed by atoms with Crippen molar-refractivity contribution in [3.05, 3.63) is 28.0 Å². The maximum atomic E-state index is 12.2. The highest BCUT2D eigenvalue weighted by Gasteiger charge is 2.20. The summed E-state index contributed by atoms with van der Waals surface area (Å²) in [4.78, 5) is 16.4. The van der Waals surface area contributed by atoms with Crippen LogP contribution in [0.4, 0.5) is 0 Å². The van der Waals surface area contributed by atoms with Gasteiger partial charge in [-0.15, -0.1) is 0 Å². The number of nitrogens with zero attached hydrogens (tertiary/aromatic N) is 1. The number of amides is 1. The van der Waals surface area contributed by atoms with Crippen LogP contribution in [0.3, 0.4) is 0 Å². The Morgan fingerprint density at radius 2 is 2.00 bits per heavy atom. The van der Waals surface area contributed by atoms with E-state index in [0.717, 1.165) is 24.1 Å². The van der Waals surface area contributed by atoms with Gasteiger partial charge in [0.2, 0.25) is 0 Å². The van der Waals surface area contributed by atoms with Crippen molar-refractivity contribution in [3.8, 4) is 0 Å². The van der Waals surface area contributed by atoms with Crippen molar-refractivity contribution in [2.75, 3.05) is 0 Å². The molecule has 0 atom stereocenters. The first kappa shape index (κ1) is 13.3. The summed E-state index contributed by atoms with van der Waals surface area (Å²) in [7, 11) is 0.